The van der Waals surface area contributed by atoms with E-state index in [0.29, 0.717) is 25.0 Å². The van der Waals surface area contributed by atoms with E-state index in [2.05, 4.69) is 15.4 Å². The van der Waals surface area contributed by atoms with Crippen LogP contribution in [0.3, 0.4) is 0 Å². The van der Waals surface area contributed by atoms with Crippen LogP contribution in [-0.2, 0) is 6.54 Å². The summed E-state index contributed by atoms with van der Waals surface area (Å²) < 4.78 is 67.3. The van der Waals surface area contributed by atoms with E-state index in [1.54, 1.807) is 0 Å². The minimum Gasteiger partial charge on any atom is -0.454 e. The quantitative estimate of drug-likeness (QED) is 0.553. The summed E-state index contributed by atoms with van der Waals surface area (Å²) in [6.45, 7) is -3.05. The number of halogens is 4. The number of nitrogens with one attached hydrogen (secondary N) is 2. The molecule has 6 nitrogen and oxygen atoms in total. The van der Waals surface area contributed by atoms with E-state index in [1.165, 1.54) is 12.1 Å². The highest BCUT2D eigenvalue weighted by molar-refractivity contribution is 5.74. The Bertz CT molecular complexity index is 702. The number of amides is 2. The van der Waals surface area contributed by atoms with Gasteiger partial charge < -0.3 is 24.8 Å². The number of ether oxygens (including phenoxy) is 3. The molecule has 1 aliphatic carbocycles. The zero-order chi connectivity index (χ0) is 20.1. The Kier molecular flexibility index (Phi) is 6.35. The monoisotopic (exact) mass is 406 g/mol. The second kappa shape index (κ2) is 8.74. The van der Waals surface area contributed by atoms with Gasteiger partial charge in [-0.15, -0.1) is 0 Å². The summed E-state index contributed by atoms with van der Waals surface area (Å²) in [5.41, 5.74) is 0.278. The molecule has 2 amide bonds. The molecule has 2 aliphatic rings. The van der Waals surface area contributed by atoms with E-state index in [0.717, 1.165) is 0 Å². The van der Waals surface area contributed by atoms with Gasteiger partial charge in [0.15, 0.2) is 11.5 Å². The first-order valence-electron chi connectivity index (χ1n) is 9.09. The molecule has 1 fully saturated rings. The molecule has 1 heterocycles. The number of hydrogen-bond acceptors (Lipinski definition) is 4. The number of carbonyl (C=O) groups is 1. The maximum atomic E-state index is 13.6. The Hall–Kier alpha value is -2.39. The van der Waals surface area contributed by atoms with Crippen molar-refractivity contribution in [3.8, 4) is 17.2 Å². The van der Waals surface area contributed by atoms with E-state index < -0.39 is 18.6 Å². The van der Waals surface area contributed by atoms with Crippen molar-refractivity contribution >= 4 is 6.03 Å². The molecule has 1 aliphatic heterocycles. The minimum atomic E-state index is -3.04. The Morgan fingerprint density at radius 3 is 2.71 bits per heavy atom. The maximum Gasteiger partial charge on any atom is 0.387 e. The summed E-state index contributed by atoms with van der Waals surface area (Å²) in [5, 5.41) is 5.09. The van der Waals surface area contributed by atoms with Gasteiger partial charge >= 0.3 is 12.6 Å². The molecule has 28 heavy (non-hydrogen) atoms. The predicted molar refractivity (Wildman–Crippen MR) is 91.0 cm³/mol. The molecule has 1 aromatic carbocycles. The minimum absolute atomic E-state index is 0.0349. The zero-order valence-electron chi connectivity index (χ0n) is 15.1. The molecule has 0 aromatic heterocycles. The van der Waals surface area contributed by atoms with Crippen LogP contribution in [0.1, 0.15) is 37.7 Å². The number of benzene rings is 1. The van der Waals surface area contributed by atoms with Gasteiger partial charge in [0.2, 0.25) is 12.7 Å². The molecule has 1 unspecified atom stereocenters. The van der Waals surface area contributed by atoms with Crippen LogP contribution in [0.15, 0.2) is 12.1 Å². The van der Waals surface area contributed by atoms with Crippen molar-refractivity contribution in [2.24, 2.45) is 5.92 Å². The molecule has 1 saturated carbocycles. The summed E-state index contributed by atoms with van der Waals surface area (Å²) in [5.74, 6) is -2.50. The lowest BCUT2D eigenvalue weighted by atomic mass is 9.99. The molecular weight excluding hydrogens is 384 g/mol. The fourth-order valence-corrected chi connectivity index (χ4v) is 3.40. The van der Waals surface area contributed by atoms with E-state index >= 15 is 0 Å². The summed E-state index contributed by atoms with van der Waals surface area (Å²) in [4.78, 5) is 12.0. The van der Waals surface area contributed by atoms with Crippen LogP contribution in [0.4, 0.5) is 22.4 Å². The van der Waals surface area contributed by atoms with Crippen molar-refractivity contribution in [1.82, 2.24) is 10.6 Å². The average molecular weight is 406 g/mol. The van der Waals surface area contributed by atoms with Gasteiger partial charge in [0, 0.05) is 37.6 Å². The fraction of sp³-hybridized carbons (Fsp3) is 0.611. The Morgan fingerprint density at radius 1 is 1.21 bits per heavy atom. The molecule has 10 heteroatoms. The number of hydrogen-bond donors (Lipinski definition) is 2. The van der Waals surface area contributed by atoms with Gasteiger partial charge in [-0.3, -0.25) is 0 Å². The first-order valence-corrected chi connectivity index (χ1v) is 9.09. The standard InChI is InChI=1S/C18H22F4N2O4/c19-16(20)28-13-6-15-14(26-10-27-15)5-12(13)9-24-17(25)23-8-11-3-1-2-4-18(21,22)7-11/h5-6,11,16H,1-4,7-10H2,(H2,23,24,25). The molecule has 0 spiro atoms. The maximum absolute atomic E-state index is 13.6. The lowest BCUT2D eigenvalue weighted by molar-refractivity contribution is -0.0505. The van der Waals surface area contributed by atoms with E-state index in [-0.39, 0.29) is 55.7 Å². The van der Waals surface area contributed by atoms with Crippen molar-refractivity contribution in [3.05, 3.63) is 17.7 Å². The number of carbonyl (C=O) groups excluding carboxylic acids is 1. The third-order valence-electron chi connectivity index (χ3n) is 4.75. The second-order valence-electron chi connectivity index (χ2n) is 6.93. The lowest BCUT2D eigenvalue weighted by Gasteiger charge is -2.20. The van der Waals surface area contributed by atoms with Crippen LogP contribution in [0.2, 0.25) is 0 Å². The number of rotatable bonds is 6. The normalized spacial score (nSPS) is 20.5. The van der Waals surface area contributed by atoms with Crippen molar-refractivity contribution < 1.29 is 36.6 Å². The molecule has 2 N–H and O–H groups in total. The Morgan fingerprint density at radius 2 is 1.96 bits per heavy atom. The van der Waals surface area contributed by atoms with Crippen LogP contribution < -0.4 is 24.8 Å². The van der Waals surface area contributed by atoms with Crippen molar-refractivity contribution in [2.45, 2.75) is 51.2 Å². The molecular formula is C18H22F4N2O4. The van der Waals surface area contributed by atoms with Crippen molar-refractivity contribution in [1.29, 1.82) is 0 Å². The average Bonchev–Trinajstić information content (AvgIpc) is 2.99. The summed E-state index contributed by atoms with van der Waals surface area (Å²) in [6, 6.07) is 2.15. The molecule has 156 valence electrons. The highest BCUT2D eigenvalue weighted by Gasteiger charge is 2.34. The molecule has 1 aromatic rings. The van der Waals surface area contributed by atoms with Gasteiger partial charge in [-0.05, 0) is 24.8 Å². The SMILES string of the molecule is O=C(NCc1cc2c(cc1OC(F)F)OCO2)NCC1CCCCC(F)(F)C1. The van der Waals surface area contributed by atoms with Gasteiger partial charge in [0.05, 0.1) is 0 Å². The third-order valence-corrected chi connectivity index (χ3v) is 4.75. The first-order chi connectivity index (χ1) is 13.3. The second-order valence-corrected chi connectivity index (χ2v) is 6.93. The van der Waals surface area contributed by atoms with Gasteiger partial charge in [0.25, 0.3) is 0 Å². The molecule has 0 bridgehead atoms. The van der Waals surface area contributed by atoms with Crippen LogP contribution in [0.5, 0.6) is 17.2 Å². The largest absolute Gasteiger partial charge is 0.454 e. The van der Waals surface area contributed by atoms with Gasteiger partial charge in [-0.2, -0.15) is 8.78 Å². The summed E-state index contributed by atoms with van der Waals surface area (Å²) >= 11 is 0. The van der Waals surface area contributed by atoms with Crippen LogP contribution in [0.25, 0.3) is 0 Å². The molecule has 0 radical (unpaired) electrons. The van der Waals surface area contributed by atoms with Crippen molar-refractivity contribution in [2.75, 3.05) is 13.3 Å². The van der Waals surface area contributed by atoms with E-state index in [9.17, 15) is 22.4 Å². The molecule has 1 atom stereocenters. The molecule has 3 rings (SSSR count). The van der Waals surface area contributed by atoms with Crippen LogP contribution in [0, 0.1) is 5.92 Å². The lowest BCUT2D eigenvalue weighted by Crippen LogP contribution is -2.38. The van der Waals surface area contributed by atoms with Crippen molar-refractivity contribution in [3.63, 3.8) is 0 Å². The Labute approximate surface area is 159 Å². The van der Waals surface area contributed by atoms with E-state index in [4.69, 9.17) is 9.47 Å². The summed E-state index contributed by atoms with van der Waals surface area (Å²) in [7, 11) is 0. The molecule has 0 saturated heterocycles. The zero-order valence-corrected chi connectivity index (χ0v) is 15.1. The van der Waals surface area contributed by atoms with Gasteiger partial charge in [-0.1, -0.05) is 6.42 Å². The number of fused-ring (bicyclic) bond motifs is 1. The number of urea groups is 1. The van der Waals surface area contributed by atoms with Gasteiger partial charge in [0.1, 0.15) is 5.75 Å². The van der Waals surface area contributed by atoms with Crippen LogP contribution >= 0.6 is 0 Å². The highest BCUT2D eigenvalue weighted by atomic mass is 19.3. The van der Waals surface area contributed by atoms with Crippen LogP contribution in [-0.4, -0.2) is 31.9 Å². The highest BCUT2D eigenvalue weighted by Crippen LogP contribution is 2.38. The predicted octanol–water partition coefficient (Wildman–Crippen LogP) is 4.03. The first kappa shape index (κ1) is 20.3. The summed E-state index contributed by atoms with van der Waals surface area (Å²) in [6.07, 6.45) is 1.45. The smallest absolute Gasteiger partial charge is 0.387 e. The number of alkyl halides is 4. The fourth-order valence-electron chi connectivity index (χ4n) is 3.40. The third kappa shape index (κ3) is 5.56. The van der Waals surface area contributed by atoms with E-state index in [1.807, 2.05) is 0 Å². The van der Waals surface area contributed by atoms with Gasteiger partial charge in [-0.25, -0.2) is 13.6 Å². The topological polar surface area (TPSA) is 68.8 Å². The Balaban J connectivity index is 1.54.